The van der Waals surface area contributed by atoms with Crippen LogP contribution in [0.5, 0.6) is 0 Å². The number of aryl methyl sites for hydroxylation is 1. The first-order valence-corrected chi connectivity index (χ1v) is 6.76. The zero-order chi connectivity index (χ0) is 14.5. The van der Waals surface area contributed by atoms with Gasteiger partial charge in [0.05, 0.1) is 18.7 Å². The van der Waals surface area contributed by atoms with Gasteiger partial charge in [-0.05, 0) is 18.1 Å². The summed E-state index contributed by atoms with van der Waals surface area (Å²) in [4.78, 5) is 14.0. The second kappa shape index (κ2) is 6.36. The Kier molecular flexibility index (Phi) is 4.55. The Morgan fingerprint density at radius 1 is 1.45 bits per heavy atom. The third-order valence-corrected chi connectivity index (χ3v) is 3.31. The molecule has 0 aliphatic rings. The van der Waals surface area contributed by atoms with Crippen LogP contribution in [0, 0.1) is 5.92 Å². The highest BCUT2D eigenvalue weighted by Crippen LogP contribution is 2.06. The smallest absolute Gasteiger partial charge is 0.227 e. The average Bonchev–Trinajstić information content (AvgIpc) is 3.06. The highest BCUT2D eigenvalue weighted by atomic mass is 16.2. The van der Waals surface area contributed by atoms with Crippen LogP contribution >= 0.6 is 0 Å². The van der Waals surface area contributed by atoms with Gasteiger partial charge in [0.1, 0.15) is 0 Å². The van der Waals surface area contributed by atoms with Gasteiger partial charge in [0.2, 0.25) is 5.91 Å². The highest BCUT2D eigenvalue weighted by molar-refractivity contribution is 5.78. The van der Waals surface area contributed by atoms with Crippen LogP contribution in [0.2, 0.25) is 0 Å². The molecule has 0 bridgehead atoms. The Balaban J connectivity index is 1.81. The first kappa shape index (κ1) is 14.3. The quantitative estimate of drug-likeness (QED) is 0.789. The summed E-state index contributed by atoms with van der Waals surface area (Å²) in [5, 5.41) is 8.26. The maximum atomic E-state index is 12.3. The van der Waals surface area contributed by atoms with E-state index in [-0.39, 0.29) is 11.8 Å². The summed E-state index contributed by atoms with van der Waals surface area (Å²) in [6, 6.07) is 1.86. The van der Waals surface area contributed by atoms with Crippen LogP contribution in [0.25, 0.3) is 0 Å². The van der Waals surface area contributed by atoms with Gasteiger partial charge in [-0.2, -0.15) is 10.2 Å². The molecule has 108 valence electrons. The van der Waals surface area contributed by atoms with Crippen LogP contribution in [0.15, 0.2) is 30.9 Å². The maximum absolute atomic E-state index is 12.3. The van der Waals surface area contributed by atoms with Crippen molar-refractivity contribution in [2.45, 2.75) is 19.9 Å². The van der Waals surface area contributed by atoms with E-state index >= 15 is 0 Å². The van der Waals surface area contributed by atoms with Crippen molar-refractivity contribution in [2.75, 3.05) is 13.6 Å². The molecule has 0 radical (unpaired) electrons. The minimum Gasteiger partial charge on any atom is -0.345 e. The summed E-state index contributed by atoms with van der Waals surface area (Å²) in [5.41, 5.74) is 1.15. The summed E-state index contributed by atoms with van der Waals surface area (Å²) >= 11 is 0. The number of nitrogens with zero attached hydrogens (tertiary/aromatic N) is 5. The Morgan fingerprint density at radius 3 is 2.85 bits per heavy atom. The van der Waals surface area contributed by atoms with E-state index in [2.05, 4.69) is 10.2 Å². The third kappa shape index (κ3) is 3.69. The van der Waals surface area contributed by atoms with Crippen molar-refractivity contribution < 1.29 is 4.79 Å². The first-order chi connectivity index (χ1) is 9.56. The van der Waals surface area contributed by atoms with E-state index in [4.69, 9.17) is 0 Å². The fourth-order valence-corrected chi connectivity index (χ4v) is 2.15. The molecular formula is C14H21N5O. The molecule has 0 fully saturated rings. The van der Waals surface area contributed by atoms with Crippen LogP contribution in [-0.2, 0) is 24.8 Å². The molecule has 1 atom stereocenters. The minimum atomic E-state index is -0.0752. The van der Waals surface area contributed by atoms with Crippen LogP contribution < -0.4 is 0 Å². The molecule has 0 spiro atoms. The van der Waals surface area contributed by atoms with Crippen molar-refractivity contribution in [3.63, 3.8) is 0 Å². The number of carbonyl (C=O) groups is 1. The molecule has 0 saturated carbocycles. The lowest BCUT2D eigenvalue weighted by Crippen LogP contribution is -2.35. The topological polar surface area (TPSA) is 56.0 Å². The number of amides is 1. The maximum Gasteiger partial charge on any atom is 0.227 e. The predicted molar refractivity (Wildman–Crippen MR) is 75.9 cm³/mol. The Hall–Kier alpha value is -2.11. The van der Waals surface area contributed by atoms with E-state index in [1.54, 1.807) is 20.5 Å². The number of likely N-dealkylation sites (N-methyl/N-ethyl adjacent to an activating group) is 1. The Labute approximate surface area is 119 Å². The molecule has 2 rings (SSSR count). The highest BCUT2D eigenvalue weighted by Gasteiger charge is 2.18. The number of hydrogen-bond acceptors (Lipinski definition) is 3. The van der Waals surface area contributed by atoms with Crippen LogP contribution in [-0.4, -0.2) is 44.0 Å². The number of aromatic nitrogens is 4. The van der Waals surface area contributed by atoms with E-state index in [0.29, 0.717) is 13.1 Å². The molecule has 0 N–H and O–H groups in total. The fraction of sp³-hybridized carbons (Fsp3) is 0.500. The van der Waals surface area contributed by atoms with E-state index in [1.165, 1.54) is 0 Å². The first-order valence-electron chi connectivity index (χ1n) is 6.76. The van der Waals surface area contributed by atoms with Crippen molar-refractivity contribution >= 4 is 5.91 Å². The molecule has 0 aliphatic heterocycles. The molecular weight excluding hydrogens is 254 g/mol. The van der Waals surface area contributed by atoms with Gasteiger partial charge in [0, 0.05) is 39.2 Å². The third-order valence-electron chi connectivity index (χ3n) is 3.31. The van der Waals surface area contributed by atoms with Crippen LogP contribution in [0.3, 0.4) is 0 Å². The summed E-state index contributed by atoms with van der Waals surface area (Å²) in [6.45, 7) is 3.25. The van der Waals surface area contributed by atoms with Gasteiger partial charge >= 0.3 is 0 Å². The van der Waals surface area contributed by atoms with E-state index in [0.717, 1.165) is 12.0 Å². The molecule has 0 aromatic carbocycles. The molecule has 1 amide bonds. The molecule has 2 aromatic rings. The molecule has 20 heavy (non-hydrogen) atoms. The standard InChI is InChI=1S/C14H21N5O/c1-12(10-19-7-4-6-15-19)14(20)17(2)8-5-13-9-16-18(3)11-13/h4,6-7,9,11-12H,5,8,10H2,1-3H3. The van der Waals surface area contributed by atoms with Crippen molar-refractivity contribution in [2.24, 2.45) is 13.0 Å². The van der Waals surface area contributed by atoms with Gasteiger partial charge in [0.15, 0.2) is 0 Å². The van der Waals surface area contributed by atoms with E-state index in [9.17, 15) is 4.79 Å². The largest absolute Gasteiger partial charge is 0.345 e. The Morgan fingerprint density at radius 2 is 2.25 bits per heavy atom. The second-order valence-electron chi connectivity index (χ2n) is 5.16. The number of rotatable bonds is 6. The summed E-state index contributed by atoms with van der Waals surface area (Å²) in [6.07, 6.45) is 8.24. The predicted octanol–water partition coefficient (Wildman–Crippen LogP) is 0.954. The lowest BCUT2D eigenvalue weighted by Gasteiger charge is -2.21. The Bertz CT molecular complexity index is 546. The summed E-state index contributed by atoms with van der Waals surface area (Å²) in [7, 11) is 3.74. The van der Waals surface area contributed by atoms with Crippen LogP contribution in [0.4, 0.5) is 0 Å². The SMILES string of the molecule is CC(Cn1cccn1)C(=O)N(C)CCc1cnn(C)c1. The lowest BCUT2D eigenvalue weighted by molar-refractivity contribution is -0.134. The van der Waals surface area contributed by atoms with Gasteiger partial charge in [-0.3, -0.25) is 14.2 Å². The van der Waals surface area contributed by atoms with Crippen molar-refractivity contribution in [3.8, 4) is 0 Å². The van der Waals surface area contributed by atoms with Crippen LogP contribution in [0.1, 0.15) is 12.5 Å². The molecule has 6 heteroatoms. The zero-order valence-corrected chi connectivity index (χ0v) is 12.2. The van der Waals surface area contributed by atoms with E-state index in [1.807, 2.05) is 45.7 Å². The molecule has 1 unspecified atom stereocenters. The van der Waals surface area contributed by atoms with Gasteiger partial charge in [0.25, 0.3) is 0 Å². The molecule has 6 nitrogen and oxygen atoms in total. The second-order valence-corrected chi connectivity index (χ2v) is 5.16. The van der Waals surface area contributed by atoms with Gasteiger partial charge < -0.3 is 4.90 Å². The van der Waals surface area contributed by atoms with Gasteiger partial charge in [-0.1, -0.05) is 6.92 Å². The normalized spacial score (nSPS) is 12.3. The van der Waals surface area contributed by atoms with Gasteiger partial charge in [-0.25, -0.2) is 0 Å². The number of hydrogen-bond donors (Lipinski definition) is 0. The molecule has 0 aliphatic carbocycles. The number of carbonyl (C=O) groups excluding carboxylic acids is 1. The molecule has 2 aromatic heterocycles. The summed E-state index contributed by atoms with van der Waals surface area (Å²) in [5.74, 6) is 0.0678. The van der Waals surface area contributed by atoms with Crippen molar-refractivity contribution in [1.29, 1.82) is 0 Å². The van der Waals surface area contributed by atoms with Crippen molar-refractivity contribution in [3.05, 3.63) is 36.4 Å². The van der Waals surface area contributed by atoms with E-state index < -0.39 is 0 Å². The van der Waals surface area contributed by atoms with Crippen molar-refractivity contribution in [1.82, 2.24) is 24.5 Å². The van der Waals surface area contributed by atoms with Gasteiger partial charge in [-0.15, -0.1) is 0 Å². The molecule has 2 heterocycles. The average molecular weight is 275 g/mol. The minimum absolute atomic E-state index is 0.0752. The zero-order valence-electron chi connectivity index (χ0n) is 12.2. The molecule has 0 saturated heterocycles. The lowest BCUT2D eigenvalue weighted by atomic mass is 10.1. The fourth-order valence-electron chi connectivity index (χ4n) is 2.15. The monoisotopic (exact) mass is 275 g/mol. The summed E-state index contributed by atoms with van der Waals surface area (Å²) < 4.78 is 3.56.